The van der Waals surface area contributed by atoms with Crippen LogP contribution in [0.4, 0.5) is 5.82 Å². The summed E-state index contributed by atoms with van der Waals surface area (Å²) in [4.78, 5) is 18.1. The van der Waals surface area contributed by atoms with E-state index in [4.69, 9.17) is 30.3 Å². The van der Waals surface area contributed by atoms with Gasteiger partial charge in [0, 0.05) is 12.5 Å². The molecule has 0 aliphatic carbocycles. The standard InChI is InChI=1S/C29H28ClN7O4/c1-16-33-26(41-36-16)22-21-23(40-29(2,3)39-21)27(38-22)37-15-32-20-24(34-28(30)35-25(20)37)31-14-19(17-10-6-4-7-11-17)18-12-8-5-9-13-18/h4-13,15,19,21-23,27H,14H2,1-3H3,(H,31,34,35)/t21-,22+,23-,27-/m1/s1. The topological polar surface area (TPSA) is 122 Å². The molecule has 5 heterocycles. The van der Waals surface area contributed by atoms with Crippen LogP contribution in [0.1, 0.15) is 54.9 Å². The molecule has 2 aromatic carbocycles. The number of anilines is 1. The number of aromatic nitrogens is 6. The lowest BCUT2D eigenvalue weighted by Crippen LogP contribution is -2.27. The highest BCUT2D eigenvalue weighted by Gasteiger charge is 2.58. The number of halogens is 1. The minimum absolute atomic E-state index is 0.0760. The Hall–Kier alpha value is -3.90. The van der Waals surface area contributed by atoms with Crippen LogP contribution in [0.25, 0.3) is 11.2 Å². The van der Waals surface area contributed by atoms with Gasteiger partial charge in [0.1, 0.15) is 12.2 Å². The van der Waals surface area contributed by atoms with E-state index in [9.17, 15) is 0 Å². The van der Waals surface area contributed by atoms with Crippen molar-refractivity contribution in [1.82, 2.24) is 29.7 Å². The van der Waals surface area contributed by atoms with E-state index < -0.39 is 30.3 Å². The third kappa shape index (κ3) is 4.84. The normalized spacial score (nSPS) is 23.3. The number of nitrogens with zero attached hydrogens (tertiary/aromatic N) is 6. The number of benzene rings is 2. The van der Waals surface area contributed by atoms with Crippen molar-refractivity contribution < 1.29 is 18.7 Å². The lowest BCUT2D eigenvalue weighted by molar-refractivity contribution is -0.199. The van der Waals surface area contributed by atoms with Gasteiger partial charge in [-0.25, -0.2) is 4.98 Å². The van der Waals surface area contributed by atoms with E-state index in [2.05, 4.69) is 54.7 Å². The predicted octanol–water partition coefficient (Wildman–Crippen LogP) is 5.21. The highest BCUT2D eigenvalue weighted by atomic mass is 35.5. The van der Waals surface area contributed by atoms with Gasteiger partial charge >= 0.3 is 0 Å². The number of hydrogen-bond donors (Lipinski definition) is 1. The van der Waals surface area contributed by atoms with E-state index >= 15 is 0 Å². The summed E-state index contributed by atoms with van der Waals surface area (Å²) in [6.45, 7) is 6.05. The third-order valence-electron chi connectivity index (χ3n) is 7.36. The van der Waals surface area contributed by atoms with Crippen LogP contribution in [-0.2, 0) is 14.2 Å². The van der Waals surface area contributed by atoms with Gasteiger partial charge in [-0.05, 0) is 43.5 Å². The van der Waals surface area contributed by atoms with Gasteiger partial charge < -0.3 is 24.1 Å². The SMILES string of the molecule is Cc1noc([C@H]2O[C@@H](n3cnc4c(NCC(c5ccccc5)c5ccccc5)nc(Cl)nc43)[C@@H]3OC(C)(C)O[C@@H]32)n1. The van der Waals surface area contributed by atoms with Gasteiger partial charge in [0.2, 0.25) is 5.28 Å². The van der Waals surface area contributed by atoms with Gasteiger partial charge in [-0.2, -0.15) is 15.0 Å². The van der Waals surface area contributed by atoms with Crippen molar-refractivity contribution in [2.45, 2.75) is 57.0 Å². The Bertz CT molecular complexity index is 1640. The maximum Gasteiger partial charge on any atom is 0.258 e. The quantitative estimate of drug-likeness (QED) is 0.260. The molecule has 12 heteroatoms. The summed E-state index contributed by atoms with van der Waals surface area (Å²) in [6, 6.07) is 20.7. The molecule has 0 bridgehead atoms. The van der Waals surface area contributed by atoms with E-state index in [1.807, 2.05) is 50.2 Å². The molecule has 41 heavy (non-hydrogen) atoms. The lowest BCUT2D eigenvalue weighted by Gasteiger charge is -2.24. The molecule has 11 nitrogen and oxygen atoms in total. The lowest BCUT2D eigenvalue weighted by atomic mass is 9.91. The first-order chi connectivity index (χ1) is 19.9. The zero-order valence-electron chi connectivity index (χ0n) is 22.6. The molecule has 1 N–H and O–H groups in total. The third-order valence-corrected chi connectivity index (χ3v) is 7.53. The highest BCUT2D eigenvalue weighted by Crippen LogP contribution is 2.49. The molecule has 2 fully saturated rings. The summed E-state index contributed by atoms with van der Waals surface area (Å²) >= 11 is 6.46. The Morgan fingerprint density at radius 3 is 2.29 bits per heavy atom. The zero-order valence-corrected chi connectivity index (χ0v) is 23.4. The van der Waals surface area contributed by atoms with Crippen LogP contribution in [-0.4, -0.2) is 54.2 Å². The van der Waals surface area contributed by atoms with Crippen molar-refractivity contribution in [1.29, 1.82) is 0 Å². The van der Waals surface area contributed by atoms with Crippen molar-refractivity contribution in [2.75, 3.05) is 11.9 Å². The maximum atomic E-state index is 6.46. The summed E-state index contributed by atoms with van der Waals surface area (Å²) < 4.78 is 26.1. The number of rotatable bonds is 7. The van der Waals surface area contributed by atoms with Gasteiger partial charge in [0.15, 0.2) is 40.9 Å². The molecule has 2 saturated heterocycles. The second kappa shape index (κ2) is 10.2. The first kappa shape index (κ1) is 26.0. The molecule has 7 rings (SSSR count). The van der Waals surface area contributed by atoms with Crippen molar-refractivity contribution >= 4 is 28.6 Å². The van der Waals surface area contributed by atoms with E-state index in [1.165, 1.54) is 11.1 Å². The molecule has 0 radical (unpaired) electrons. The van der Waals surface area contributed by atoms with Crippen LogP contribution in [0.5, 0.6) is 0 Å². The molecule has 5 aromatic rings. The van der Waals surface area contributed by atoms with E-state index in [0.717, 1.165) is 0 Å². The van der Waals surface area contributed by atoms with Gasteiger partial charge in [-0.1, -0.05) is 65.8 Å². The molecule has 3 aromatic heterocycles. The summed E-state index contributed by atoms with van der Waals surface area (Å²) in [5.74, 6) is 0.609. The van der Waals surface area contributed by atoms with Crippen molar-refractivity contribution in [3.05, 3.63) is 95.1 Å². The van der Waals surface area contributed by atoms with Crippen LogP contribution in [0.3, 0.4) is 0 Å². The van der Waals surface area contributed by atoms with Gasteiger partial charge in [0.25, 0.3) is 5.89 Å². The maximum absolute atomic E-state index is 6.46. The van der Waals surface area contributed by atoms with Gasteiger partial charge in [-0.3, -0.25) is 4.57 Å². The molecule has 210 valence electrons. The second-order valence-corrected chi connectivity index (χ2v) is 11.0. The highest BCUT2D eigenvalue weighted by molar-refractivity contribution is 6.28. The Morgan fingerprint density at radius 2 is 1.63 bits per heavy atom. The Labute approximate surface area is 240 Å². The number of hydrogen-bond acceptors (Lipinski definition) is 10. The first-order valence-electron chi connectivity index (χ1n) is 13.4. The average Bonchev–Trinajstić information content (AvgIpc) is 3.72. The van der Waals surface area contributed by atoms with E-state index in [1.54, 1.807) is 17.8 Å². The number of fused-ring (bicyclic) bond motifs is 2. The minimum atomic E-state index is -0.829. The molecule has 4 atom stereocenters. The fourth-order valence-electron chi connectivity index (χ4n) is 5.63. The van der Waals surface area contributed by atoms with Crippen LogP contribution >= 0.6 is 11.6 Å². The average molecular weight is 574 g/mol. The molecule has 0 spiro atoms. The number of aryl methyl sites for hydroxylation is 1. The van der Waals surface area contributed by atoms with Crippen LogP contribution in [0, 0.1) is 6.92 Å². The molecule has 0 amide bonds. The van der Waals surface area contributed by atoms with Crippen molar-refractivity contribution in [3.63, 3.8) is 0 Å². The molecule has 2 aliphatic heterocycles. The summed E-state index contributed by atoms with van der Waals surface area (Å²) in [7, 11) is 0. The number of ether oxygens (including phenoxy) is 3. The zero-order chi connectivity index (χ0) is 28.1. The molecule has 2 aliphatic rings. The van der Waals surface area contributed by atoms with Crippen molar-refractivity contribution in [2.24, 2.45) is 0 Å². The summed E-state index contributed by atoms with van der Waals surface area (Å²) in [5, 5.41) is 7.49. The largest absolute Gasteiger partial charge is 0.367 e. The minimum Gasteiger partial charge on any atom is -0.367 e. The predicted molar refractivity (Wildman–Crippen MR) is 149 cm³/mol. The van der Waals surface area contributed by atoms with Crippen LogP contribution < -0.4 is 5.32 Å². The monoisotopic (exact) mass is 573 g/mol. The fraction of sp³-hybridized carbons (Fsp3) is 0.345. The molecule has 0 unspecified atom stereocenters. The van der Waals surface area contributed by atoms with Gasteiger partial charge in [-0.15, -0.1) is 0 Å². The Morgan fingerprint density at radius 1 is 0.951 bits per heavy atom. The summed E-state index contributed by atoms with van der Waals surface area (Å²) in [5.41, 5.74) is 3.43. The van der Waals surface area contributed by atoms with E-state index in [-0.39, 0.29) is 11.2 Å². The first-order valence-corrected chi connectivity index (χ1v) is 13.8. The van der Waals surface area contributed by atoms with Crippen LogP contribution in [0.2, 0.25) is 5.28 Å². The number of imidazole rings is 1. The van der Waals surface area contributed by atoms with E-state index in [0.29, 0.717) is 35.2 Å². The molecular weight excluding hydrogens is 546 g/mol. The Kier molecular flexibility index (Phi) is 6.46. The van der Waals surface area contributed by atoms with Crippen LogP contribution in [0.15, 0.2) is 71.5 Å². The Balaban J connectivity index is 1.22. The fourth-order valence-corrected chi connectivity index (χ4v) is 5.79. The summed E-state index contributed by atoms with van der Waals surface area (Å²) in [6.07, 6.45) is -0.558. The van der Waals surface area contributed by atoms with Crippen molar-refractivity contribution in [3.8, 4) is 0 Å². The second-order valence-electron chi connectivity index (χ2n) is 10.6. The molecular formula is C29H28ClN7O4. The van der Waals surface area contributed by atoms with Gasteiger partial charge in [0.05, 0.1) is 6.33 Å². The number of nitrogens with one attached hydrogen (secondary N) is 1. The smallest absolute Gasteiger partial charge is 0.258 e. The molecule has 0 saturated carbocycles.